The average Bonchev–Trinajstić information content (AvgIpc) is 2.56. The van der Waals surface area contributed by atoms with Crippen LogP contribution in [0.1, 0.15) is 0 Å². The van der Waals surface area contributed by atoms with E-state index in [9.17, 15) is 9.59 Å². The highest BCUT2D eigenvalue weighted by Gasteiger charge is 2.11. The first-order valence-electron chi connectivity index (χ1n) is 6.81. The number of benzene rings is 2. The van der Waals surface area contributed by atoms with Gasteiger partial charge in [-0.2, -0.15) is 14.8 Å². The van der Waals surface area contributed by atoms with Crippen molar-refractivity contribution in [1.82, 2.24) is 19.7 Å². The van der Waals surface area contributed by atoms with Gasteiger partial charge >= 0.3 is 5.69 Å². The van der Waals surface area contributed by atoms with Crippen molar-refractivity contribution in [3.05, 3.63) is 73.7 Å². The monoisotopic (exact) mass is 368 g/mol. The van der Waals surface area contributed by atoms with Crippen molar-refractivity contribution in [2.45, 2.75) is 0 Å². The predicted octanol–water partition coefficient (Wildman–Crippen LogP) is 2.38. The highest BCUT2D eigenvalue weighted by atomic mass is 79.9. The molecule has 0 saturated heterocycles. The molecule has 4 rings (SSSR count). The smallest absolute Gasteiger partial charge is 0.337 e. The van der Waals surface area contributed by atoms with E-state index in [0.29, 0.717) is 16.6 Å². The van der Waals surface area contributed by atoms with Crippen molar-refractivity contribution >= 4 is 38.0 Å². The van der Waals surface area contributed by atoms with Gasteiger partial charge in [0.1, 0.15) is 0 Å². The summed E-state index contributed by atoms with van der Waals surface area (Å²) < 4.78 is 2.01. The minimum Gasteiger partial charge on any atom is -0.337 e. The number of fused-ring (bicyclic) bond motifs is 2. The van der Waals surface area contributed by atoms with Crippen LogP contribution < -0.4 is 11.1 Å². The lowest BCUT2D eigenvalue weighted by Gasteiger charge is -2.06. The Kier molecular flexibility index (Phi) is 3.09. The van der Waals surface area contributed by atoms with Gasteiger partial charge in [-0.25, -0.2) is 4.79 Å². The van der Waals surface area contributed by atoms with E-state index in [0.717, 1.165) is 9.15 Å². The number of para-hydroxylation sites is 1. The van der Waals surface area contributed by atoms with Crippen molar-refractivity contribution < 1.29 is 0 Å². The lowest BCUT2D eigenvalue weighted by molar-refractivity contribution is 0.788. The molecule has 23 heavy (non-hydrogen) atoms. The molecular formula is C16H9BrN4O2. The van der Waals surface area contributed by atoms with Crippen LogP contribution in [-0.4, -0.2) is 19.7 Å². The number of rotatable bonds is 1. The second-order valence-electron chi connectivity index (χ2n) is 4.98. The third kappa shape index (κ3) is 2.25. The van der Waals surface area contributed by atoms with Crippen LogP contribution in [0.25, 0.3) is 27.8 Å². The van der Waals surface area contributed by atoms with Gasteiger partial charge in [0.25, 0.3) is 0 Å². The first kappa shape index (κ1) is 13.8. The summed E-state index contributed by atoms with van der Waals surface area (Å²) >= 11 is 3.34. The first-order valence-corrected chi connectivity index (χ1v) is 7.61. The van der Waals surface area contributed by atoms with E-state index in [1.54, 1.807) is 48.5 Å². The van der Waals surface area contributed by atoms with Crippen LogP contribution in [0, 0.1) is 0 Å². The van der Waals surface area contributed by atoms with Gasteiger partial charge in [0, 0.05) is 9.86 Å². The summed E-state index contributed by atoms with van der Waals surface area (Å²) in [5.41, 5.74) is 0.678. The fraction of sp³-hybridized carbons (Fsp3) is 0. The molecule has 0 unspecified atom stereocenters. The van der Waals surface area contributed by atoms with Crippen LogP contribution in [0.4, 0.5) is 0 Å². The summed E-state index contributed by atoms with van der Waals surface area (Å²) in [6.45, 7) is 0. The van der Waals surface area contributed by atoms with E-state index in [1.807, 2.05) is 0 Å². The van der Waals surface area contributed by atoms with E-state index in [4.69, 9.17) is 0 Å². The summed E-state index contributed by atoms with van der Waals surface area (Å²) in [5, 5.41) is 4.72. The Hall–Kier alpha value is -2.80. The van der Waals surface area contributed by atoms with Crippen LogP contribution in [-0.2, 0) is 0 Å². The van der Waals surface area contributed by atoms with Gasteiger partial charge in [-0.15, -0.1) is 0 Å². The van der Waals surface area contributed by atoms with Gasteiger partial charge in [0.2, 0.25) is 5.43 Å². The van der Waals surface area contributed by atoms with Crippen LogP contribution >= 0.6 is 15.9 Å². The van der Waals surface area contributed by atoms with Crippen LogP contribution in [0.3, 0.4) is 0 Å². The van der Waals surface area contributed by atoms with E-state index in [2.05, 4.69) is 31.0 Å². The molecule has 6 nitrogen and oxygen atoms in total. The van der Waals surface area contributed by atoms with Gasteiger partial charge in [-0.05, 0) is 36.4 Å². The number of pyridine rings is 1. The Balaban J connectivity index is 2.08. The SMILES string of the molecule is O=c1c2ccccc2[nH]c2nc(=O)n(-c3ccc(Br)cc3)nc12. The first-order chi connectivity index (χ1) is 11.1. The number of nitrogens with one attached hydrogen (secondary N) is 1. The van der Waals surface area contributed by atoms with Gasteiger partial charge < -0.3 is 4.98 Å². The minimum absolute atomic E-state index is 0.131. The van der Waals surface area contributed by atoms with Crippen molar-refractivity contribution in [1.29, 1.82) is 0 Å². The van der Waals surface area contributed by atoms with Crippen molar-refractivity contribution in [2.24, 2.45) is 0 Å². The standard InChI is InChI=1S/C16H9BrN4O2/c17-9-5-7-10(8-6-9)21-16(23)19-15-13(20-21)14(22)11-3-1-2-4-12(11)18-15/h1-8H,(H,18,19,23). The molecule has 0 atom stereocenters. The molecular weight excluding hydrogens is 360 g/mol. The fourth-order valence-corrected chi connectivity index (χ4v) is 2.69. The Labute approximate surface area is 137 Å². The Morgan fingerprint density at radius 2 is 1.74 bits per heavy atom. The van der Waals surface area contributed by atoms with Crippen LogP contribution in [0.5, 0.6) is 0 Å². The lowest BCUT2D eigenvalue weighted by atomic mass is 10.2. The van der Waals surface area contributed by atoms with E-state index < -0.39 is 5.69 Å². The molecule has 7 heteroatoms. The topological polar surface area (TPSA) is 80.6 Å². The number of hydrogen-bond donors (Lipinski definition) is 1. The molecule has 2 aromatic heterocycles. The minimum atomic E-state index is -0.550. The number of H-pyrrole nitrogens is 1. The molecule has 0 aliphatic rings. The molecule has 0 spiro atoms. The number of nitrogens with zero attached hydrogens (tertiary/aromatic N) is 3. The number of aromatic nitrogens is 4. The molecule has 112 valence electrons. The third-order valence-electron chi connectivity index (χ3n) is 3.52. The summed E-state index contributed by atoms with van der Waals surface area (Å²) in [6, 6.07) is 14.1. The zero-order valence-corrected chi connectivity index (χ0v) is 13.2. The maximum Gasteiger partial charge on any atom is 0.370 e. The van der Waals surface area contributed by atoms with E-state index >= 15 is 0 Å². The highest BCUT2D eigenvalue weighted by Crippen LogP contribution is 2.13. The Morgan fingerprint density at radius 3 is 2.52 bits per heavy atom. The second kappa shape index (κ2) is 5.13. The Bertz CT molecular complexity index is 1160. The molecule has 0 radical (unpaired) electrons. The summed E-state index contributed by atoms with van der Waals surface area (Å²) in [4.78, 5) is 31.8. The van der Waals surface area contributed by atoms with Crippen molar-refractivity contribution in [3.8, 4) is 5.69 Å². The molecule has 0 saturated carbocycles. The third-order valence-corrected chi connectivity index (χ3v) is 4.05. The molecule has 0 fully saturated rings. The quantitative estimate of drug-likeness (QED) is 0.523. The highest BCUT2D eigenvalue weighted by molar-refractivity contribution is 9.10. The van der Waals surface area contributed by atoms with Gasteiger partial charge in [-0.1, -0.05) is 28.1 Å². The molecule has 1 N–H and O–H groups in total. The molecule has 0 aliphatic carbocycles. The van der Waals surface area contributed by atoms with Gasteiger partial charge in [0.05, 0.1) is 11.2 Å². The van der Waals surface area contributed by atoms with Gasteiger partial charge in [-0.3, -0.25) is 4.79 Å². The summed E-state index contributed by atoms with van der Waals surface area (Å²) in [5.74, 6) is 0. The van der Waals surface area contributed by atoms with Crippen molar-refractivity contribution in [2.75, 3.05) is 0 Å². The van der Waals surface area contributed by atoms with Crippen LogP contribution in [0.2, 0.25) is 0 Å². The predicted molar refractivity (Wildman–Crippen MR) is 91.0 cm³/mol. The molecule has 2 aromatic carbocycles. The zero-order chi connectivity index (χ0) is 16.0. The normalized spacial score (nSPS) is 11.2. The molecule has 0 aliphatic heterocycles. The number of aromatic amines is 1. The van der Waals surface area contributed by atoms with Crippen molar-refractivity contribution in [3.63, 3.8) is 0 Å². The Morgan fingerprint density at radius 1 is 1.00 bits per heavy atom. The summed E-state index contributed by atoms with van der Waals surface area (Å²) in [6.07, 6.45) is 0. The maximum atomic E-state index is 12.6. The average molecular weight is 369 g/mol. The number of hydrogen-bond acceptors (Lipinski definition) is 4. The second-order valence-corrected chi connectivity index (χ2v) is 5.90. The molecule has 0 amide bonds. The van der Waals surface area contributed by atoms with Crippen LogP contribution in [0.15, 0.2) is 62.6 Å². The van der Waals surface area contributed by atoms with E-state index in [-0.39, 0.29) is 16.6 Å². The zero-order valence-electron chi connectivity index (χ0n) is 11.7. The molecule has 4 aromatic rings. The summed E-state index contributed by atoms with van der Waals surface area (Å²) in [7, 11) is 0. The largest absolute Gasteiger partial charge is 0.370 e. The number of halogens is 1. The van der Waals surface area contributed by atoms with E-state index in [1.165, 1.54) is 0 Å². The fourth-order valence-electron chi connectivity index (χ4n) is 2.42. The lowest BCUT2D eigenvalue weighted by Crippen LogP contribution is -2.26. The molecule has 2 heterocycles. The molecule has 0 bridgehead atoms. The maximum absolute atomic E-state index is 12.6. The van der Waals surface area contributed by atoms with Gasteiger partial charge in [0.15, 0.2) is 11.2 Å².